The molecule has 7 nitrogen and oxygen atoms in total. The first-order valence-corrected chi connectivity index (χ1v) is 11.6. The number of fused-ring (bicyclic) bond motifs is 1. The third-order valence-corrected chi connectivity index (χ3v) is 6.98. The summed E-state index contributed by atoms with van der Waals surface area (Å²) < 4.78 is 33.3. The van der Waals surface area contributed by atoms with Crippen LogP contribution in [0.4, 0.5) is 16.2 Å². The number of carbonyl (C=O) groups is 1. The first-order chi connectivity index (χ1) is 15.2. The summed E-state index contributed by atoms with van der Waals surface area (Å²) in [7, 11) is -3.73. The Labute approximate surface area is 187 Å². The Morgan fingerprint density at radius 3 is 2.47 bits per heavy atom. The molecule has 0 spiro atoms. The van der Waals surface area contributed by atoms with E-state index >= 15 is 0 Å². The third kappa shape index (κ3) is 4.40. The molecule has 1 heterocycles. The normalized spacial score (nSPS) is 17.0. The molecule has 0 aromatic heterocycles. The van der Waals surface area contributed by atoms with Crippen LogP contribution in [0.3, 0.4) is 0 Å². The van der Waals surface area contributed by atoms with Gasteiger partial charge >= 0.3 is 6.16 Å². The van der Waals surface area contributed by atoms with E-state index in [0.717, 1.165) is 16.8 Å². The highest BCUT2D eigenvalue weighted by atomic mass is 32.2. The van der Waals surface area contributed by atoms with Gasteiger partial charge in [-0.1, -0.05) is 50.2 Å². The van der Waals surface area contributed by atoms with Gasteiger partial charge in [0, 0.05) is 5.69 Å². The fraction of sp³-hybridized carbons (Fsp3) is 0.208. The Balaban J connectivity index is 1.67. The number of hydrogen-bond acceptors (Lipinski definition) is 5. The zero-order valence-electron chi connectivity index (χ0n) is 17.7. The lowest BCUT2D eigenvalue weighted by Crippen LogP contribution is -2.31. The number of anilines is 2. The molecule has 0 saturated carbocycles. The van der Waals surface area contributed by atoms with Crippen molar-refractivity contribution in [1.82, 2.24) is 0 Å². The van der Waals surface area contributed by atoms with Crippen LogP contribution in [0, 0.1) is 0 Å². The van der Waals surface area contributed by atoms with E-state index in [1.54, 1.807) is 60.7 Å². The van der Waals surface area contributed by atoms with E-state index < -0.39 is 16.2 Å². The minimum absolute atomic E-state index is 0.154. The number of para-hydroxylation sites is 1. The second-order valence-corrected chi connectivity index (χ2v) is 10.0. The van der Waals surface area contributed by atoms with Gasteiger partial charge in [-0.2, -0.15) is 0 Å². The van der Waals surface area contributed by atoms with E-state index in [9.17, 15) is 13.2 Å². The van der Waals surface area contributed by atoms with E-state index in [1.165, 1.54) is 0 Å². The minimum atomic E-state index is -3.73. The second kappa shape index (κ2) is 8.20. The Bertz CT molecular complexity index is 1260. The van der Waals surface area contributed by atoms with Gasteiger partial charge in [-0.15, -0.1) is 0 Å². The topological polar surface area (TPSA) is 105 Å². The van der Waals surface area contributed by atoms with E-state index in [1.807, 2.05) is 12.1 Å². The Morgan fingerprint density at radius 1 is 1.06 bits per heavy atom. The molecule has 166 valence electrons. The highest BCUT2D eigenvalue weighted by Crippen LogP contribution is 2.46. The molecule has 3 aromatic carbocycles. The molecular formula is C24H24N2O5S. The highest BCUT2D eigenvalue weighted by molar-refractivity contribution is 7.92. The maximum atomic E-state index is 12.9. The Hall–Kier alpha value is -3.52. The van der Waals surface area contributed by atoms with Crippen LogP contribution in [0.2, 0.25) is 0 Å². The Kier molecular flexibility index (Phi) is 5.56. The van der Waals surface area contributed by atoms with Gasteiger partial charge < -0.3 is 15.2 Å². The predicted octanol–water partition coefficient (Wildman–Crippen LogP) is 5.38. The van der Waals surface area contributed by atoms with Crippen molar-refractivity contribution in [2.24, 2.45) is 0 Å². The number of benzene rings is 3. The van der Waals surface area contributed by atoms with E-state index in [2.05, 4.69) is 23.9 Å². The van der Waals surface area contributed by atoms with Gasteiger partial charge in [0.2, 0.25) is 0 Å². The lowest BCUT2D eigenvalue weighted by atomic mass is 9.74. The van der Waals surface area contributed by atoms with E-state index in [4.69, 9.17) is 9.84 Å². The molecule has 4 rings (SSSR count). The summed E-state index contributed by atoms with van der Waals surface area (Å²) in [6, 6.07) is 20.6. The fourth-order valence-corrected chi connectivity index (χ4v) is 5.23. The molecule has 8 heteroatoms. The van der Waals surface area contributed by atoms with Crippen molar-refractivity contribution < 1.29 is 23.1 Å². The molecule has 1 aliphatic heterocycles. The standard InChI is InChI=1S/C24H24N2O5S/c1-24(2)15-22(25-21-13-12-16(14-19(21)24)31-23(27)28)18-10-6-7-11-20(18)26-32(29,30)17-8-4-3-5-9-17/h3-14,22,25-26H,15H2,1-2H3,(H,27,28). The van der Waals surface area contributed by atoms with Gasteiger partial charge in [-0.05, 0) is 59.4 Å². The molecule has 1 unspecified atom stereocenters. The lowest BCUT2D eigenvalue weighted by Gasteiger charge is -2.39. The summed E-state index contributed by atoms with van der Waals surface area (Å²) >= 11 is 0. The van der Waals surface area contributed by atoms with Crippen LogP contribution < -0.4 is 14.8 Å². The molecule has 1 atom stereocenters. The van der Waals surface area contributed by atoms with E-state index in [-0.39, 0.29) is 22.1 Å². The van der Waals surface area contributed by atoms with Gasteiger partial charge in [-0.3, -0.25) is 4.72 Å². The molecule has 3 aromatic rings. The van der Waals surface area contributed by atoms with Crippen molar-refractivity contribution in [3.63, 3.8) is 0 Å². The quantitative estimate of drug-likeness (QED) is 0.355. The molecule has 1 aliphatic rings. The summed E-state index contributed by atoms with van der Waals surface area (Å²) in [6.07, 6.45) is -0.690. The number of sulfonamides is 1. The van der Waals surface area contributed by atoms with E-state index in [0.29, 0.717) is 12.1 Å². The van der Waals surface area contributed by atoms with Gasteiger partial charge in [0.25, 0.3) is 10.0 Å². The van der Waals surface area contributed by atoms with Gasteiger partial charge in [0.15, 0.2) is 0 Å². The smallest absolute Gasteiger partial charge is 0.449 e. The zero-order valence-corrected chi connectivity index (χ0v) is 18.5. The average Bonchev–Trinajstić information content (AvgIpc) is 2.74. The van der Waals surface area contributed by atoms with Crippen LogP contribution in [0.15, 0.2) is 77.7 Å². The van der Waals surface area contributed by atoms with Crippen LogP contribution in [-0.2, 0) is 15.4 Å². The largest absolute Gasteiger partial charge is 0.511 e. The fourth-order valence-electron chi connectivity index (χ4n) is 4.12. The molecule has 0 aliphatic carbocycles. The number of ether oxygens (including phenoxy) is 1. The average molecular weight is 453 g/mol. The van der Waals surface area contributed by atoms with Crippen molar-refractivity contribution in [2.75, 3.05) is 10.0 Å². The monoisotopic (exact) mass is 452 g/mol. The SMILES string of the molecule is CC1(C)CC(c2ccccc2NS(=O)(=O)c2ccccc2)Nc2ccc(OC(=O)O)cc21. The molecule has 0 saturated heterocycles. The van der Waals surface area contributed by atoms with Crippen LogP contribution >= 0.6 is 0 Å². The molecular weight excluding hydrogens is 428 g/mol. The molecule has 0 fully saturated rings. The summed E-state index contributed by atoms with van der Waals surface area (Å²) in [4.78, 5) is 11.1. The number of nitrogens with one attached hydrogen (secondary N) is 2. The summed E-state index contributed by atoms with van der Waals surface area (Å²) in [6.45, 7) is 4.14. The summed E-state index contributed by atoms with van der Waals surface area (Å²) in [5, 5.41) is 12.4. The van der Waals surface area contributed by atoms with Gasteiger partial charge in [-0.25, -0.2) is 13.2 Å². The summed E-state index contributed by atoms with van der Waals surface area (Å²) in [5.74, 6) is 0.264. The van der Waals surface area contributed by atoms with Crippen LogP contribution in [0.5, 0.6) is 5.75 Å². The lowest BCUT2D eigenvalue weighted by molar-refractivity contribution is 0.144. The third-order valence-electron chi connectivity index (χ3n) is 5.60. The molecule has 0 radical (unpaired) electrons. The van der Waals surface area contributed by atoms with Gasteiger partial charge in [0.05, 0.1) is 16.6 Å². The number of carboxylic acid groups (broad SMARTS) is 1. The van der Waals surface area contributed by atoms with Crippen molar-refractivity contribution in [3.8, 4) is 5.75 Å². The van der Waals surface area contributed by atoms with Crippen LogP contribution in [0.25, 0.3) is 0 Å². The number of hydrogen-bond donors (Lipinski definition) is 3. The minimum Gasteiger partial charge on any atom is -0.449 e. The van der Waals surface area contributed by atoms with Crippen molar-refractivity contribution in [3.05, 3.63) is 83.9 Å². The first kappa shape index (κ1) is 21.7. The summed E-state index contributed by atoms with van der Waals surface area (Å²) in [5.41, 5.74) is 2.82. The maximum Gasteiger partial charge on any atom is 0.511 e. The van der Waals surface area contributed by atoms with Crippen molar-refractivity contribution >= 4 is 27.6 Å². The second-order valence-electron chi connectivity index (χ2n) is 8.37. The molecule has 32 heavy (non-hydrogen) atoms. The first-order valence-electron chi connectivity index (χ1n) is 10.1. The molecule has 3 N–H and O–H groups in total. The van der Waals surface area contributed by atoms with Crippen molar-refractivity contribution in [1.29, 1.82) is 0 Å². The maximum absolute atomic E-state index is 12.9. The highest BCUT2D eigenvalue weighted by Gasteiger charge is 2.35. The zero-order chi connectivity index (χ0) is 22.9. The molecule has 0 bridgehead atoms. The molecule has 0 amide bonds. The predicted molar refractivity (Wildman–Crippen MR) is 123 cm³/mol. The van der Waals surface area contributed by atoms with Crippen molar-refractivity contribution in [2.45, 2.75) is 36.6 Å². The van der Waals surface area contributed by atoms with Crippen LogP contribution in [-0.4, -0.2) is 19.7 Å². The Morgan fingerprint density at radius 2 is 1.75 bits per heavy atom. The number of rotatable bonds is 5. The van der Waals surface area contributed by atoms with Gasteiger partial charge in [0.1, 0.15) is 5.75 Å². The van der Waals surface area contributed by atoms with Crippen LogP contribution in [0.1, 0.15) is 37.4 Å².